The summed E-state index contributed by atoms with van der Waals surface area (Å²) in [6.07, 6.45) is -1.09. The maximum absolute atomic E-state index is 13.0. The summed E-state index contributed by atoms with van der Waals surface area (Å²) in [5.41, 5.74) is 2.13. The minimum atomic E-state index is -4.42. The van der Waals surface area contributed by atoms with Gasteiger partial charge in [-0.15, -0.1) is 0 Å². The molecule has 0 aliphatic carbocycles. The second-order valence-electron chi connectivity index (χ2n) is 7.27. The Balaban J connectivity index is 3.20. The molecule has 3 N–H and O–H groups in total. The highest BCUT2D eigenvalue weighted by Crippen LogP contribution is 2.27. The Morgan fingerprint density at radius 2 is 2.03 bits per heavy atom. The summed E-state index contributed by atoms with van der Waals surface area (Å²) in [5.74, 6) is 5.34. The van der Waals surface area contributed by atoms with Gasteiger partial charge < -0.3 is 10.2 Å². The first-order chi connectivity index (χ1) is 14.4. The van der Waals surface area contributed by atoms with Crippen LogP contribution in [0.15, 0.2) is 46.7 Å². The fourth-order valence-electron chi connectivity index (χ4n) is 2.62. The molecule has 1 unspecified atom stereocenters. The van der Waals surface area contributed by atoms with Crippen molar-refractivity contribution < 1.29 is 22.8 Å². The molecule has 0 heterocycles. The minimum Gasteiger partial charge on any atom is -0.391 e. The van der Waals surface area contributed by atoms with Crippen molar-refractivity contribution in [3.8, 4) is 0 Å². The van der Waals surface area contributed by atoms with Gasteiger partial charge in [-0.2, -0.15) is 13.2 Å². The molecule has 1 aromatic rings. The van der Waals surface area contributed by atoms with Crippen LogP contribution in [0.3, 0.4) is 0 Å². The molecule has 31 heavy (non-hydrogen) atoms. The van der Waals surface area contributed by atoms with Crippen LogP contribution in [-0.4, -0.2) is 30.0 Å². The van der Waals surface area contributed by atoms with E-state index in [-0.39, 0.29) is 12.5 Å². The highest BCUT2D eigenvalue weighted by Gasteiger charge is 2.30. The van der Waals surface area contributed by atoms with Crippen molar-refractivity contribution in [3.63, 3.8) is 0 Å². The first-order valence-electron chi connectivity index (χ1n) is 9.92. The molecular formula is C22H31F3N4O2. The summed E-state index contributed by atoms with van der Waals surface area (Å²) in [6, 6.07) is 4.84. The summed E-state index contributed by atoms with van der Waals surface area (Å²) in [7, 11) is 1.42. The maximum atomic E-state index is 13.0. The zero-order valence-electron chi connectivity index (χ0n) is 18.8. The zero-order valence-corrected chi connectivity index (χ0v) is 18.8. The van der Waals surface area contributed by atoms with Gasteiger partial charge >= 0.3 is 12.2 Å². The Morgan fingerprint density at radius 3 is 2.55 bits per heavy atom. The van der Waals surface area contributed by atoms with Crippen LogP contribution < -0.4 is 11.2 Å². The quantitative estimate of drug-likeness (QED) is 0.179. The number of nitrogens with zero attached hydrogens (tertiary/aromatic N) is 2. The van der Waals surface area contributed by atoms with Crippen LogP contribution in [0.1, 0.15) is 45.2 Å². The number of benzene rings is 1. The van der Waals surface area contributed by atoms with Gasteiger partial charge in [-0.05, 0) is 50.5 Å². The van der Waals surface area contributed by atoms with Crippen molar-refractivity contribution in [1.82, 2.24) is 5.01 Å². The molecule has 172 valence electrons. The van der Waals surface area contributed by atoms with Crippen LogP contribution >= 0.6 is 0 Å². The molecule has 1 atom stereocenters. The predicted octanol–water partition coefficient (Wildman–Crippen LogP) is 5.71. The van der Waals surface area contributed by atoms with E-state index >= 15 is 0 Å². The van der Waals surface area contributed by atoms with E-state index in [1.807, 2.05) is 26.8 Å². The number of carbonyl (C=O) groups excluding carboxylic acids is 1. The van der Waals surface area contributed by atoms with Gasteiger partial charge in [0.2, 0.25) is 0 Å². The summed E-state index contributed by atoms with van der Waals surface area (Å²) >= 11 is 0. The van der Waals surface area contributed by atoms with Crippen molar-refractivity contribution >= 4 is 17.4 Å². The number of urea groups is 1. The third-order valence-electron chi connectivity index (χ3n) is 4.85. The van der Waals surface area contributed by atoms with Crippen LogP contribution in [0.25, 0.3) is 0 Å². The van der Waals surface area contributed by atoms with Gasteiger partial charge in [-0.25, -0.2) is 10.6 Å². The number of nitrogens with two attached hydrogens (primary N) is 1. The van der Waals surface area contributed by atoms with Gasteiger partial charge in [0.15, 0.2) is 0 Å². The lowest BCUT2D eigenvalue weighted by molar-refractivity contribution is -0.0913. The number of halogens is 3. The van der Waals surface area contributed by atoms with Crippen LogP contribution in [0.4, 0.5) is 23.7 Å². The number of hydrogen-bond acceptors (Lipinski definition) is 4. The number of amides is 2. The molecule has 0 aromatic heterocycles. The Kier molecular flexibility index (Phi) is 9.77. The van der Waals surface area contributed by atoms with Crippen molar-refractivity contribution in [2.45, 2.75) is 53.8 Å². The minimum absolute atomic E-state index is 0.0233. The van der Waals surface area contributed by atoms with Crippen molar-refractivity contribution in [1.29, 1.82) is 0 Å². The van der Waals surface area contributed by atoms with Gasteiger partial charge in [0.05, 0.1) is 5.71 Å². The molecule has 0 saturated carbocycles. The van der Waals surface area contributed by atoms with E-state index in [0.717, 1.165) is 23.6 Å². The molecule has 0 spiro atoms. The van der Waals surface area contributed by atoms with Crippen molar-refractivity contribution in [3.05, 3.63) is 52.6 Å². The molecule has 2 amide bonds. The first-order valence-corrected chi connectivity index (χ1v) is 9.92. The second-order valence-corrected chi connectivity index (χ2v) is 7.27. The third kappa shape index (κ3) is 7.75. The van der Waals surface area contributed by atoms with Crippen molar-refractivity contribution in [2.75, 3.05) is 12.4 Å². The van der Waals surface area contributed by atoms with Gasteiger partial charge in [0.1, 0.15) is 6.61 Å². The lowest BCUT2D eigenvalue weighted by Crippen LogP contribution is -2.37. The van der Waals surface area contributed by atoms with Gasteiger partial charge in [0, 0.05) is 29.8 Å². The fraction of sp³-hybridized carbons (Fsp3) is 0.455. The number of hydrogen-bond donors (Lipinski definition) is 2. The fourth-order valence-corrected chi connectivity index (χ4v) is 2.62. The van der Waals surface area contributed by atoms with Crippen LogP contribution in [0, 0.1) is 12.8 Å². The van der Waals surface area contributed by atoms with Crippen molar-refractivity contribution in [2.24, 2.45) is 16.9 Å². The number of hydrazine groups is 1. The number of nitrogens with one attached hydrogen (secondary N) is 1. The Bertz CT molecular complexity index is 859. The normalized spacial score (nSPS) is 14.3. The van der Waals surface area contributed by atoms with E-state index in [1.165, 1.54) is 7.05 Å². The van der Waals surface area contributed by atoms with E-state index < -0.39 is 17.8 Å². The highest BCUT2D eigenvalue weighted by molar-refractivity contribution is 6.03. The van der Waals surface area contributed by atoms with Gasteiger partial charge in [-0.1, -0.05) is 37.2 Å². The Hall–Kier alpha value is -2.81. The summed E-state index contributed by atoms with van der Waals surface area (Å²) in [4.78, 5) is 17.5. The average molecular weight is 441 g/mol. The predicted molar refractivity (Wildman–Crippen MR) is 117 cm³/mol. The smallest absolute Gasteiger partial charge is 0.391 e. The van der Waals surface area contributed by atoms with E-state index in [4.69, 9.17) is 10.7 Å². The lowest BCUT2D eigenvalue weighted by Gasteiger charge is -2.17. The van der Waals surface area contributed by atoms with Gasteiger partial charge in [0.25, 0.3) is 0 Å². The van der Waals surface area contributed by atoms with E-state index in [9.17, 15) is 18.0 Å². The molecule has 1 aromatic carbocycles. The number of alkyl halides is 3. The number of anilines is 1. The maximum Gasteiger partial charge on any atom is 0.412 e. The van der Waals surface area contributed by atoms with Crippen LogP contribution in [0.5, 0.6) is 0 Å². The molecule has 6 nitrogen and oxygen atoms in total. The van der Waals surface area contributed by atoms with E-state index in [2.05, 4.69) is 10.5 Å². The van der Waals surface area contributed by atoms with Gasteiger partial charge in [-0.3, -0.25) is 5.01 Å². The number of rotatable bonds is 8. The lowest BCUT2D eigenvalue weighted by atomic mass is 9.94. The molecule has 0 fully saturated rings. The zero-order chi connectivity index (χ0) is 23.8. The summed E-state index contributed by atoms with van der Waals surface area (Å²) < 4.78 is 39.0. The number of oxime groups is 1. The molecule has 0 aliphatic heterocycles. The number of carbonyl (C=O) groups is 1. The molecule has 0 aliphatic rings. The largest absolute Gasteiger partial charge is 0.412 e. The third-order valence-corrected chi connectivity index (χ3v) is 4.85. The molecule has 0 radical (unpaired) electrons. The first kappa shape index (κ1) is 26.2. The molecule has 1 rings (SSSR count). The average Bonchev–Trinajstić information content (AvgIpc) is 2.69. The SMILES string of the molecule is C/C=C(\C=C(/C)C(F)(F)F)C(=N/OCc1c(C)cccc1NC(=O)N(C)N)/C(C)CC. The standard InChI is InChI=1S/C22H31F3N4O2/c1-7-14(3)20(17(8-2)12-16(5)22(23,24)25)28-31-13-18-15(4)10-9-11-19(18)27-21(30)29(6)26/h8-12,14H,7,13,26H2,1-6H3,(H,27,30)/b16-12+,17-8+,28-20+. The van der Waals surface area contributed by atoms with E-state index in [1.54, 1.807) is 25.1 Å². The summed E-state index contributed by atoms with van der Waals surface area (Å²) in [5, 5.41) is 7.78. The number of aryl methyl sites for hydroxylation is 1. The molecule has 0 bridgehead atoms. The monoisotopic (exact) mass is 440 g/mol. The Morgan fingerprint density at radius 1 is 1.39 bits per heavy atom. The second kappa shape index (κ2) is 11.5. The topological polar surface area (TPSA) is 80.0 Å². The molecule has 9 heteroatoms. The van der Waals surface area contributed by atoms with Crippen LogP contribution in [-0.2, 0) is 11.4 Å². The summed E-state index contributed by atoms with van der Waals surface area (Å²) in [6.45, 7) is 8.36. The number of allylic oxidation sites excluding steroid dienone is 4. The van der Waals surface area contributed by atoms with Crippen LogP contribution in [0.2, 0.25) is 0 Å². The molecule has 0 saturated heterocycles. The van der Waals surface area contributed by atoms with E-state index in [0.29, 0.717) is 29.0 Å². The highest BCUT2D eigenvalue weighted by atomic mass is 19.4. The molecular weight excluding hydrogens is 409 g/mol. The Labute approximate surface area is 181 Å².